The summed E-state index contributed by atoms with van der Waals surface area (Å²) in [6.45, 7) is 6.33. The topological polar surface area (TPSA) is 90.3 Å². The highest BCUT2D eigenvalue weighted by molar-refractivity contribution is 8.76. The van der Waals surface area contributed by atoms with Gasteiger partial charge in [-0.15, -0.1) is 0 Å². The quantitative estimate of drug-likeness (QED) is 0.0126. The molecule has 0 aliphatic heterocycles. The summed E-state index contributed by atoms with van der Waals surface area (Å²) in [5.74, 6) is 6.33. The molecule has 0 atom stereocenters. The number of benzene rings is 2. The summed E-state index contributed by atoms with van der Waals surface area (Å²) in [7, 11) is 13.9. The SMILES string of the molecule is COc1cc(/C=C/C=C/C=C\C=NCCCCCC[n+]2ccn(CCCCCCSSCCCCCCn3ccn3CCCCCC[n+]3ccccc3/C=C/c3cc(OC)c(OC)c(OC)c3)c2)cc(OC)c1OC. The maximum Gasteiger partial charge on any atom is 0.243 e. The van der Waals surface area contributed by atoms with Crippen molar-refractivity contribution in [2.24, 2.45) is 4.99 Å². The van der Waals surface area contributed by atoms with Crippen molar-refractivity contribution in [2.45, 2.75) is 135 Å². The Balaban J connectivity index is 0.776. The average Bonchev–Trinajstić information content (AvgIpc) is 3.89. The van der Waals surface area contributed by atoms with Gasteiger partial charge in [0.15, 0.2) is 29.2 Å². The van der Waals surface area contributed by atoms with E-state index in [1.165, 1.54) is 107 Å². The van der Waals surface area contributed by atoms with Crippen LogP contribution in [0.1, 0.15) is 120 Å². The van der Waals surface area contributed by atoms with Gasteiger partial charge >= 0.3 is 0 Å². The Bertz CT molecular complexity index is 2440. The monoisotopic (exact) mass is 1060 g/mol. The second-order valence-electron chi connectivity index (χ2n) is 18.6. The Morgan fingerprint density at radius 1 is 0.480 bits per heavy atom. The van der Waals surface area contributed by atoms with Gasteiger partial charge in [0, 0.05) is 74.4 Å². The molecular formula is C61H88N6O6S2+2. The molecule has 0 saturated heterocycles. The van der Waals surface area contributed by atoms with Crippen LogP contribution in [0.2, 0.25) is 0 Å². The van der Waals surface area contributed by atoms with Crippen LogP contribution >= 0.6 is 21.6 Å². The van der Waals surface area contributed by atoms with Crippen LogP contribution in [0.5, 0.6) is 34.5 Å². The first-order chi connectivity index (χ1) is 37.0. The van der Waals surface area contributed by atoms with Gasteiger partial charge in [0.2, 0.25) is 23.5 Å². The van der Waals surface area contributed by atoms with Crippen molar-refractivity contribution in [3.63, 3.8) is 0 Å². The third-order valence-corrected chi connectivity index (χ3v) is 15.6. The summed E-state index contributed by atoms with van der Waals surface area (Å²) in [4.78, 5) is 4.54. The van der Waals surface area contributed by atoms with E-state index < -0.39 is 0 Å². The highest BCUT2D eigenvalue weighted by Gasteiger charge is 2.14. The molecule has 14 heteroatoms. The molecule has 3 aromatic heterocycles. The first-order valence-corrected chi connectivity index (χ1v) is 29.8. The minimum atomic E-state index is 0.592. The van der Waals surface area contributed by atoms with Crippen LogP contribution in [0.3, 0.4) is 0 Å². The molecule has 0 aliphatic rings. The molecule has 0 radical (unpaired) electrons. The summed E-state index contributed by atoms with van der Waals surface area (Å²) in [5.41, 5.74) is 3.14. The maximum absolute atomic E-state index is 5.54. The minimum absolute atomic E-state index is 0.592. The molecule has 0 saturated carbocycles. The van der Waals surface area contributed by atoms with E-state index in [4.69, 9.17) is 28.4 Å². The van der Waals surface area contributed by atoms with E-state index in [1.807, 2.05) is 66.9 Å². The molecule has 0 N–H and O–H groups in total. The molecule has 0 spiro atoms. The number of unbranched alkanes of at least 4 members (excludes halogenated alkanes) is 12. The summed E-state index contributed by atoms with van der Waals surface area (Å²) < 4.78 is 44.7. The number of nitrogens with zero attached hydrogens (tertiary/aromatic N) is 6. The fourth-order valence-electron chi connectivity index (χ4n) is 8.81. The van der Waals surface area contributed by atoms with Crippen LogP contribution in [-0.2, 0) is 32.7 Å². The van der Waals surface area contributed by atoms with E-state index in [1.54, 1.807) is 42.7 Å². The molecule has 3 heterocycles. The van der Waals surface area contributed by atoms with Crippen LogP contribution in [-0.4, -0.2) is 80.9 Å². The Hall–Kier alpha value is -5.73. The zero-order valence-electron chi connectivity index (χ0n) is 46.1. The highest BCUT2D eigenvalue weighted by atomic mass is 33.1. The predicted octanol–water partition coefficient (Wildman–Crippen LogP) is 13.8. The van der Waals surface area contributed by atoms with Crippen molar-refractivity contribution in [1.82, 2.24) is 13.9 Å². The van der Waals surface area contributed by atoms with Gasteiger partial charge in [0.1, 0.15) is 18.9 Å². The Kier molecular flexibility index (Phi) is 29.7. The molecule has 0 bridgehead atoms. The van der Waals surface area contributed by atoms with E-state index in [0.29, 0.717) is 34.5 Å². The molecule has 5 rings (SSSR count). The number of methoxy groups -OCH3 is 6. The Morgan fingerprint density at radius 2 is 1.00 bits per heavy atom. The predicted molar refractivity (Wildman–Crippen MR) is 314 cm³/mol. The number of aromatic nitrogens is 5. The second-order valence-corrected chi connectivity index (χ2v) is 21.3. The maximum atomic E-state index is 5.54. The first-order valence-electron chi connectivity index (χ1n) is 27.3. The van der Waals surface area contributed by atoms with Crippen molar-refractivity contribution in [3.8, 4) is 34.5 Å². The van der Waals surface area contributed by atoms with E-state index in [0.717, 1.165) is 63.2 Å². The largest absolute Gasteiger partial charge is 0.493 e. The van der Waals surface area contributed by atoms with Gasteiger partial charge in [-0.1, -0.05) is 84.1 Å². The number of pyridine rings is 1. The van der Waals surface area contributed by atoms with Gasteiger partial charge in [-0.3, -0.25) is 14.4 Å². The summed E-state index contributed by atoms with van der Waals surface area (Å²) >= 11 is 0. The summed E-state index contributed by atoms with van der Waals surface area (Å²) in [6, 6.07) is 14.1. The minimum Gasteiger partial charge on any atom is -0.493 e. The number of imidazole rings is 1. The summed E-state index contributed by atoms with van der Waals surface area (Å²) in [5, 5.41) is 0. The number of hydrogen-bond donors (Lipinski definition) is 0. The lowest BCUT2D eigenvalue weighted by atomic mass is 10.1. The van der Waals surface area contributed by atoms with Crippen LogP contribution in [0.25, 0.3) is 18.2 Å². The number of ether oxygens (including phenoxy) is 6. The van der Waals surface area contributed by atoms with Gasteiger partial charge < -0.3 is 28.4 Å². The fourth-order valence-corrected chi connectivity index (χ4v) is 11.1. The van der Waals surface area contributed by atoms with Crippen molar-refractivity contribution < 1.29 is 37.6 Å². The molecule has 12 nitrogen and oxygen atoms in total. The van der Waals surface area contributed by atoms with Crippen molar-refractivity contribution in [2.75, 3.05) is 60.7 Å². The molecule has 2 aromatic carbocycles. The number of rotatable bonds is 41. The second kappa shape index (κ2) is 37.1. The molecular weight excluding hydrogens is 977 g/mol. The van der Waals surface area contributed by atoms with Gasteiger partial charge in [-0.05, 0) is 118 Å². The van der Waals surface area contributed by atoms with Crippen molar-refractivity contribution >= 4 is 46.0 Å². The highest BCUT2D eigenvalue weighted by Crippen LogP contribution is 2.39. The zero-order valence-corrected chi connectivity index (χ0v) is 47.8. The van der Waals surface area contributed by atoms with Gasteiger partial charge in [0.25, 0.3) is 0 Å². The van der Waals surface area contributed by atoms with E-state index >= 15 is 0 Å². The van der Waals surface area contributed by atoms with Crippen LogP contribution in [0.15, 0.2) is 115 Å². The standard InChI is InChI=1S/C61H88N6O6S2/c1-68-56-48-53(49-57(69-2)60(56)72-5)30-18-8-7-9-20-34-62-35-21-10-11-22-36-63-42-43-64(52-63)37-23-14-16-28-46-74-75-47-29-17-15-26-41-67-45-44-66(67)40-25-13-12-24-38-65-39-27-19-31-55(65)33-32-54-50-58(70-3)61(73-6)59(51-54)71-4/h7-9,18-20,27,30-34,39,42-45,48-52H,10-17,21-26,28-29,35-38,40-41,46-47H2,1-6H3/q+2/b8-7+,20-9-,30-18+,33-32+,62-34?. The molecule has 408 valence electrons. The molecule has 5 aromatic rings. The number of hydrogen-bond acceptors (Lipinski definition) is 9. The number of allylic oxidation sites excluding steroid dienone is 5. The van der Waals surface area contributed by atoms with Gasteiger partial charge in [-0.2, -0.15) is 4.57 Å². The van der Waals surface area contributed by atoms with E-state index in [9.17, 15) is 0 Å². The molecule has 0 amide bonds. The third kappa shape index (κ3) is 22.6. The zero-order chi connectivity index (χ0) is 53.0. The lowest BCUT2D eigenvalue weighted by Gasteiger charge is -2.21. The number of aliphatic imine (C=N–C) groups is 1. The fraction of sp³-hybridized carbons (Fsp3) is 0.492. The van der Waals surface area contributed by atoms with Gasteiger partial charge in [0.05, 0.1) is 55.7 Å². The van der Waals surface area contributed by atoms with Crippen molar-refractivity contribution in [3.05, 3.63) is 127 Å². The van der Waals surface area contributed by atoms with Crippen LogP contribution in [0.4, 0.5) is 0 Å². The van der Waals surface area contributed by atoms with Gasteiger partial charge in [-0.25, -0.2) is 9.13 Å². The average molecular weight is 1070 g/mol. The normalized spacial score (nSPS) is 11.9. The van der Waals surface area contributed by atoms with E-state index in [-0.39, 0.29) is 0 Å². The first kappa shape index (κ1) is 60.1. The van der Waals surface area contributed by atoms with Crippen LogP contribution < -0.4 is 37.6 Å². The molecule has 0 fully saturated rings. The molecule has 75 heavy (non-hydrogen) atoms. The van der Waals surface area contributed by atoms with Crippen molar-refractivity contribution in [1.29, 1.82) is 0 Å². The molecule has 0 aliphatic carbocycles. The smallest absolute Gasteiger partial charge is 0.243 e. The van der Waals surface area contributed by atoms with E-state index in [2.05, 4.69) is 117 Å². The summed E-state index contributed by atoms with van der Waals surface area (Å²) in [6.07, 6.45) is 51.6. The lowest BCUT2D eigenvalue weighted by Crippen LogP contribution is -2.36. The molecule has 0 unspecified atom stereocenters. The Labute approximate surface area is 457 Å². The lowest BCUT2D eigenvalue weighted by molar-refractivity contribution is -0.699. The third-order valence-electron chi connectivity index (χ3n) is 13.0. The Morgan fingerprint density at radius 3 is 1.59 bits per heavy atom. The number of aryl methyl sites for hydroxylation is 5. The van der Waals surface area contributed by atoms with Crippen LogP contribution in [0, 0.1) is 0 Å².